The second-order valence-electron chi connectivity index (χ2n) is 6.32. The minimum atomic E-state index is -0.0868. The van der Waals surface area contributed by atoms with Gasteiger partial charge < -0.3 is 0 Å². The lowest BCUT2D eigenvalue weighted by Gasteiger charge is -2.19. The number of carbonyl (C=O) groups excluding carboxylic acids is 2. The van der Waals surface area contributed by atoms with Crippen LogP contribution < -0.4 is 0 Å². The summed E-state index contributed by atoms with van der Waals surface area (Å²) in [5.41, 5.74) is 13.6. The summed E-state index contributed by atoms with van der Waals surface area (Å²) in [6, 6.07) is 9.94. The van der Waals surface area contributed by atoms with E-state index in [-0.39, 0.29) is 18.0 Å². The Morgan fingerprint density at radius 1 is 0.792 bits per heavy atom. The number of allylic oxidation sites excluding steroid dienone is 1. The van der Waals surface area contributed by atoms with E-state index in [1.165, 1.54) is 0 Å². The van der Waals surface area contributed by atoms with Crippen molar-refractivity contribution in [3.05, 3.63) is 80.7 Å². The zero-order valence-electron chi connectivity index (χ0n) is 12.8. The number of ketones is 2. The molecule has 0 fully saturated rings. The number of carbonyl (C=O) groups is 2. The van der Waals surface area contributed by atoms with Crippen LogP contribution >= 0.6 is 0 Å². The fraction of sp³-hybridized carbons (Fsp3) is 0.0909. The molecule has 0 bridgehead atoms. The van der Waals surface area contributed by atoms with E-state index in [0.717, 1.165) is 33.4 Å². The van der Waals surface area contributed by atoms with Gasteiger partial charge in [-0.2, -0.15) is 0 Å². The molecule has 0 atom stereocenters. The van der Waals surface area contributed by atoms with Crippen molar-refractivity contribution in [1.82, 2.24) is 0 Å². The average Bonchev–Trinajstić information content (AvgIpc) is 2.77. The van der Waals surface area contributed by atoms with Crippen molar-refractivity contribution in [2.75, 3.05) is 0 Å². The van der Waals surface area contributed by atoms with Gasteiger partial charge >= 0.3 is 0 Å². The van der Waals surface area contributed by atoms with Crippen LogP contribution in [0.1, 0.15) is 50.2 Å². The Kier molecular flexibility index (Phi) is 2.58. The van der Waals surface area contributed by atoms with Crippen LogP contribution in [0.15, 0.2) is 41.8 Å². The van der Waals surface area contributed by atoms with Gasteiger partial charge in [-0.05, 0) is 58.0 Å². The Morgan fingerprint density at radius 2 is 1.67 bits per heavy atom. The quantitative estimate of drug-likeness (QED) is 0.463. The van der Waals surface area contributed by atoms with E-state index in [1.54, 1.807) is 0 Å². The fourth-order valence-electron chi connectivity index (χ4n) is 3.82. The van der Waals surface area contributed by atoms with Crippen LogP contribution in [-0.4, -0.2) is 11.6 Å². The maximum absolute atomic E-state index is 12.6. The van der Waals surface area contributed by atoms with Gasteiger partial charge in [0.2, 0.25) is 0 Å². The van der Waals surface area contributed by atoms with Gasteiger partial charge in [0.05, 0.1) is 6.42 Å². The average molecular weight is 308 g/mol. The summed E-state index contributed by atoms with van der Waals surface area (Å²) < 4.78 is 0. The summed E-state index contributed by atoms with van der Waals surface area (Å²) in [5.74, 6) is -0.163. The minimum Gasteiger partial charge on any atom is -0.294 e. The standard InChI is InChI=1S/C22H12O2/c23-20-12-21(24)19-11-18-14(9-8-13-4-1-2-6-16(13)18)10-15-5-3-7-17(20)22(15)19/h3-9,11H,10,12H2. The van der Waals surface area contributed by atoms with Crippen molar-refractivity contribution < 1.29 is 9.59 Å². The predicted molar refractivity (Wildman–Crippen MR) is 93.5 cm³/mol. The van der Waals surface area contributed by atoms with Crippen LogP contribution in [0.2, 0.25) is 0 Å². The zero-order chi connectivity index (χ0) is 16.3. The Bertz CT molecular complexity index is 1100. The number of rotatable bonds is 0. The molecule has 0 saturated carbocycles. The number of hydrogen-bond acceptors (Lipinski definition) is 2. The number of benzene rings is 2. The van der Waals surface area contributed by atoms with Crippen LogP contribution in [0.4, 0.5) is 0 Å². The predicted octanol–water partition coefficient (Wildman–Crippen LogP) is 4.08. The second kappa shape index (κ2) is 4.66. The van der Waals surface area contributed by atoms with Gasteiger partial charge in [0.15, 0.2) is 11.6 Å². The monoisotopic (exact) mass is 308 g/mol. The first-order valence-corrected chi connectivity index (χ1v) is 7.96. The molecule has 3 aliphatic rings. The number of hydrogen-bond donors (Lipinski definition) is 0. The molecule has 5 rings (SSSR count). The lowest BCUT2D eigenvalue weighted by Crippen LogP contribution is -2.19. The molecule has 0 radical (unpaired) electrons. The highest BCUT2D eigenvalue weighted by atomic mass is 16.1. The third kappa shape index (κ3) is 1.73. The van der Waals surface area contributed by atoms with Crippen molar-refractivity contribution in [2.45, 2.75) is 12.8 Å². The third-order valence-corrected chi connectivity index (χ3v) is 4.95. The van der Waals surface area contributed by atoms with Gasteiger partial charge in [-0.3, -0.25) is 9.59 Å². The highest BCUT2D eigenvalue weighted by Gasteiger charge is 2.31. The summed E-state index contributed by atoms with van der Waals surface area (Å²) >= 11 is 0. The first kappa shape index (κ1) is 13.3. The smallest absolute Gasteiger partial charge is 0.171 e. The van der Waals surface area contributed by atoms with Crippen LogP contribution in [-0.2, 0) is 11.2 Å². The van der Waals surface area contributed by atoms with Crippen LogP contribution in [0, 0.1) is 0 Å². The maximum Gasteiger partial charge on any atom is 0.171 e. The van der Waals surface area contributed by atoms with E-state index in [4.69, 9.17) is 0 Å². The van der Waals surface area contributed by atoms with Crippen molar-refractivity contribution in [3.63, 3.8) is 0 Å². The molecule has 112 valence electrons. The minimum absolute atomic E-state index is 0.0394. The van der Waals surface area contributed by atoms with Gasteiger partial charge in [0, 0.05) is 11.1 Å². The van der Waals surface area contributed by atoms with Crippen molar-refractivity contribution in [2.24, 2.45) is 0 Å². The van der Waals surface area contributed by atoms with Gasteiger partial charge in [-0.1, -0.05) is 41.8 Å². The van der Waals surface area contributed by atoms with Crippen LogP contribution in [0.25, 0.3) is 23.8 Å². The van der Waals surface area contributed by atoms with E-state index < -0.39 is 0 Å². The van der Waals surface area contributed by atoms with Gasteiger partial charge in [0.25, 0.3) is 0 Å². The normalized spacial score (nSPS) is 16.2. The molecule has 0 spiro atoms. The van der Waals surface area contributed by atoms with E-state index in [2.05, 4.69) is 23.6 Å². The Balaban J connectivity index is 1.87. The molecule has 2 aromatic carbocycles. The van der Waals surface area contributed by atoms with E-state index >= 15 is 0 Å². The highest BCUT2D eigenvalue weighted by Crippen LogP contribution is 2.39. The topological polar surface area (TPSA) is 34.1 Å². The largest absolute Gasteiger partial charge is 0.294 e. The molecule has 2 heteroatoms. The van der Waals surface area contributed by atoms with Gasteiger partial charge in [-0.25, -0.2) is 0 Å². The lowest BCUT2D eigenvalue weighted by molar-refractivity contribution is -0.113. The summed E-state index contributed by atoms with van der Waals surface area (Å²) in [7, 11) is 0. The summed E-state index contributed by atoms with van der Waals surface area (Å²) in [6.07, 6.45) is 6.47. The van der Waals surface area contributed by atoms with Gasteiger partial charge in [0.1, 0.15) is 0 Å². The molecule has 0 saturated heterocycles. The molecule has 0 heterocycles. The molecule has 0 unspecified atom stereocenters. The zero-order valence-corrected chi connectivity index (χ0v) is 12.8. The highest BCUT2D eigenvalue weighted by molar-refractivity contribution is 6.36. The second-order valence-corrected chi connectivity index (χ2v) is 6.32. The molecule has 2 aromatic rings. The lowest BCUT2D eigenvalue weighted by atomic mass is 9.82. The molecule has 0 N–H and O–H groups in total. The molecule has 0 amide bonds. The molecule has 3 aliphatic carbocycles. The Morgan fingerprint density at radius 3 is 2.58 bits per heavy atom. The summed E-state index contributed by atoms with van der Waals surface area (Å²) in [5, 5.41) is 0. The van der Waals surface area contributed by atoms with E-state index in [9.17, 15) is 9.59 Å². The molecule has 24 heavy (non-hydrogen) atoms. The molecular formula is C22H12O2. The number of fused-ring (bicyclic) bond motifs is 3. The fourth-order valence-corrected chi connectivity index (χ4v) is 3.82. The molecular weight excluding hydrogens is 296 g/mol. The third-order valence-electron chi connectivity index (χ3n) is 4.95. The summed E-state index contributed by atoms with van der Waals surface area (Å²) in [4.78, 5) is 24.9. The maximum atomic E-state index is 12.6. The molecule has 0 aromatic heterocycles. The van der Waals surface area contributed by atoms with Crippen LogP contribution in [0.5, 0.6) is 0 Å². The van der Waals surface area contributed by atoms with Gasteiger partial charge in [-0.15, -0.1) is 0 Å². The van der Waals surface area contributed by atoms with E-state index in [1.807, 2.05) is 36.4 Å². The first-order chi connectivity index (χ1) is 11.7. The Hall–Kier alpha value is -3.18. The van der Waals surface area contributed by atoms with E-state index in [0.29, 0.717) is 17.6 Å². The SMILES string of the molecule is O=C1CC(=O)c2cccc3c2C1=Cc1c(ccc2c1C=C=C=C2)C3. The van der Waals surface area contributed by atoms with Crippen molar-refractivity contribution >= 4 is 35.4 Å². The van der Waals surface area contributed by atoms with Crippen LogP contribution in [0.3, 0.4) is 0 Å². The van der Waals surface area contributed by atoms with Crippen molar-refractivity contribution in [1.29, 1.82) is 0 Å². The first-order valence-electron chi connectivity index (χ1n) is 7.96. The molecule has 2 nitrogen and oxygen atoms in total. The van der Waals surface area contributed by atoms with Crippen molar-refractivity contribution in [3.8, 4) is 0 Å². The summed E-state index contributed by atoms with van der Waals surface area (Å²) in [6.45, 7) is 0. The molecule has 0 aliphatic heterocycles. The number of Topliss-reactive ketones (excluding diaryl/α,β-unsaturated/α-hetero) is 2. The Labute approximate surface area is 139 Å².